The second kappa shape index (κ2) is 6.85. The lowest BCUT2D eigenvalue weighted by Gasteiger charge is -2.05. The van der Waals surface area contributed by atoms with Gasteiger partial charge in [-0.2, -0.15) is 0 Å². The number of hydrogen-bond acceptors (Lipinski definition) is 6. The molecule has 0 spiro atoms. The highest BCUT2D eigenvalue weighted by molar-refractivity contribution is 7.99. The van der Waals surface area contributed by atoms with Gasteiger partial charge in [-0.15, -0.1) is 10.2 Å². The van der Waals surface area contributed by atoms with E-state index in [9.17, 15) is 14.4 Å². The Morgan fingerprint density at radius 3 is 2.82 bits per heavy atom. The Labute approximate surface area is 129 Å². The maximum absolute atomic E-state index is 11.8. The molecule has 0 fully saturated rings. The minimum absolute atomic E-state index is 0.00494. The number of carbonyl (C=O) groups is 2. The first-order valence-electron chi connectivity index (χ1n) is 6.15. The number of carbonyl (C=O) groups excluding carboxylic acids is 1. The van der Waals surface area contributed by atoms with Gasteiger partial charge in [0.05, 0.1) is 11.3 Å². The molecule has 0 unspecified atom stereocenters. The number of anilines is 1. The highest BCUT2D eigenvalue weighted by atomic mass is 32.2. The maximum Gasteiger partial charge on any atom is 0.335 e. The number of aromatic carboxylic acids is 1. The third-order valence-electron chi connectivity index (χ3n) is 2.57. The molecule has 1 heterocycles. The molecular weight excluding hydrogens is 308 g/mol. The molecule has 114 valence electrons. The number of rotatable bonds is 5. The molecule has 0 aliphatic carbocycles. The van der Waals surface area contributed by atoms with Crippen LogP contribution in [0, 0.1) is 6.92 Å². The van der Waals surface area contributed by atoms with E-state index in [1.54, 1.807) is 6.07 Å². The van der Waals surface area contributed by atoms with E-state index in [0.29, 0.717) is 5.69 Å². The largest absolute Gasteiger partial charge is 0.478 e. The molecular formula is C13H12N4O4S. The van der Waals surface area contributed by atoms with Gasteiger partial charge in [0.15, 0.2) is 5.16 Å². The maximum atomic E-state index is 11.8. The van der Waals surface area contributed by atoms with Gasteiger partial charge in [0.2, 0.25) is 5.91 Å². The van der Waals surface area contributed by atoms with Gasteiger partial charge < -0.3 is 10.4 Å². The molecule has 0 radical (unpaired) electrons. The summed E-state index contributed by atoms with van der Waals surface area (Å²) in [4.78, 5) is 36.5. The Morgan fingerprint density at radius 2 is 2.14 bits per heavy atom. The van der Waals surface area contributed by atoms with E-state index in [1.807, 2.05) is 0 Å². The van der Waals surface area contributed by atoms with Crippen molar-refractivity contribution in [2.45, 2.75) is 12.1 Å². The Kier molecular flexibility index (Phi) is 4.89. The molecule has 22 heavy (non-hydrogen) atoms. The first kappa shape index (κ1) is 15.7. The minimum atomic E-state index is -1.07. The van der Waals surface area contributed by atoms with E-state index in [-0.39, 0.29) is 33.6 Å². The topological polar surface area (TPSA) is 125 Å². The summed E-state index contributed by atoms with van der Waals surface area (Å²) in [6, 6.07) is 5.91. The summed E-state index contributed by atoms with van der Waals surface area (Å²) in [7, 11) is 0. The van der Waals surface area contributed by atoms with Crippen LogP contribution in [0.25, 0.3) is 0 Å². The van der Waals surface area contributed by atoms with Gasteiger partial charge in [0.1, 0.15) is 5.69 Å². The zero-order chi connectivity index (χ0) is 16.1. The molecule has 0 aliphatic rings. The predicted molar refractivity (Wildman–Crippen MR) is 80.1 cm³/mol. The number of carboxylic acids is 1. The Bertz CT molecular complexity index is 775. The monoisotopic (exact) mass is 320 g/mol. The first-order valence-corrected chi connectivity index (χ1v) is 7.14. The molecule has 0 saturated carbocycles. The molecule has 3 N–H and O–H groups in total. The molecule has 0 aliphatic heterocycles. The summed E-state index contributed by atoms with van der Waals surface area (Å²) < 4.78 is 0. The molecule has 0 bridgehead atoms. The molecule has 2 aromatic rings. The van der Waals surface area contributed by atoms with E-state index >= 15 is 0 Å². The normalized spacial score (nSPS) is 10.2. The van der Waals surface area contributed by atoms with Crippen molar-refractivity contribution in [3.05, 3.63) is 45.9 Å². The summed E-state index contributed by atoms with van der Waals surface area (Å²) >= 11 is 1.02. The first-order chi connectivity index (χ1) is 10.5. The Balaban J connectivity index is 1.95. The summed E-state index contributed by atoms with van der Waals surface area (Å²) in [5.74, 6) is -1.42. The molecule has 0 saturated heterocycles. The number of thioether (sulfide) groups is 1. The lowest BCUT2D eigenvalue weighted by Crippen LogP contribution is -2.17. The van der Waals surface area contributed by atoms with Crippen molar-refractivity contribution >= 4 is 29.3 Å². The van der Waals surface area contributed by atoms with E-state index in [1.165, 1.54) is 25.1 Å². The van der Waals surface area contributed by atoms with Crippen molar-refractivity contribution in [1.82, 2.24) is 15.2 Å². The second-order valence-corrected chi connectivity index (χ2v) is 5.23. The number of amides is 1. The molecule has 1 aromatic carbocycles. The van der Waals surface area contributed by atoms with Crippen molar-refractivity contribution < 1.29 is 14.7 Å². The van der Waals surface area contributed by atoms with E-state index in [2.05, 4.69) is 20.5 Å². The Morgan fingerprint density at radius 1 is 1.36 bits per heavy atom. The second-order valence-electron chi connectivity index (χ2n) is 4.27. The van der Waals surface area contributed by atoms with Gasteiger partial charge in [-0.1, -0.05) is 17.8 Å². The average molecular weight is 320 g/mol. The number of hydrogen-bond donors (Lipinski definition) is 3. The van der Waals surface area contributed by atoms with Crippen LogP contribution in [0.15, 0.2) is 34.2 Å². The smallest absolute Gasteiger partial charge is 0.335 e. The van der Waals surface area contributed by atoms with Gasteiger partial charge in [-0.3, -0.25) is 14.6 Å². The fourth-order valence-corrected chi connectivity index (χ4v) is 2.11. The van der Waals surface area contributed by atoms with Crippen LogP contribution in [0.5, 0.6) is 0 Å². The molecule has 0 atom stereocenters. The van der Waals surface area contributed by atoms with Crippen LogP contribution in [0.4, 0.5) is 5.69 Å². The quantitative estimate of drug-likeness (QED) is 0.699. The van der Waals surface area contributed by atoms with Crippen molar-refractivity contribution in [2.75, 3.05) is 11.1 Å². The Hall–Kier alpha value is -2.68. The zero-order valence-electron chi connectivity index (χ0n) is 11.5. The van der Waals surface area contributed by atoms with E-state index in [0.717, 1.165) is 11.8 Å². The van der Waals surface area contributed by atoms with Gasteiger partial charge in [-0.25, -0.2) is 4.79 Å². The summed E-state index contributed by atoms with van der Waals surface area (Å²) in [6.07, 6.45) is 0. The molecule has 1 amide bonds. The molecule has 1 aromatic heterocycles. The molecule has 9 heteroatoms. The lowest BCUT2D eigenvalue weighted by molar-refractivity contribution is -0.113. The van der Waals surface area contributed by atoms with Gasteiger partial charge in [-0.05, 0) is 25.1 Å². The molecule has 2 rings (SSSR count). The summed E-state index contributed by atoms with van der Waals surface area (Å²) in [5.41, 5.74) is 0.361. The summed E-state index contributed by atoms with van der Waals surface area (Å²) in [6.45, 7) is 1.53. The van der Waals surface area contributed by atoms with Crippen molar-refractivity contribution in [3.8, 4) is 0 Å². The number of H-pyrrole nitrogens is 1. The number of nitrogens with one attached hydrogen (secondary N) is 2. The SMILES string of the molecule is Cc1nnc(SCC(=O)Nc2cccc(C(=O)O)c2)[nH]c1=O. The number of aryl methyl sites for hydroxylation is 1. The van der Waals surface area contributed by atoms with Gasteiger partial charge >= 0.3 is 5.97 Å². The fraction of sp³-hybridized carbons (Fsp3) is 0.154. The van der Waals surface area contributed by atoms with Crippen LogP contribution in [0.1, 0.15) is 16.1 Å². The fourth-order valence-electron chi connectivity index (χ4n) is 1.50. The number of aromatic nitrogens is 3. The third kappa shape index (κ3) is 4.16. The predicted octanol–water partition coefficient (Wildman–Crippen LogP) is 0.902. The minimum Gasteiger partial charge on any atom is -0.478 e. The number of nitrogens with zero attached hydrogens (tertiary/aromatic N) is 2. The van der Waals surface area contributed by atoms with Gasteiger partial charge in [0, 0.05) is 5.69 Å². The van der Waals surface area contributed by atoms with Crippen molar-refractivity contribution in [1.29, 1.82) is 0 Å². The standard InChI is InChI=1S/C13H12N4O4S/c1-7-11(19)15-13(17-16-7)22-6-10(18)14-9-4-2-3-8(5-9)12(20)21/h2-5H,6H2,1H3,(H,14,18)(H,20,21)(H,15,17,19). The van der Waals surface area contributed by atoms with Crippen LogP contribution < -0.4 is 10.9 Å². The highest BCUT2D eigenvalue weighted by Crippen LogP contribution is 2.13. The third-order valence-corrected chi connectivity index (χ3v) is 3.44. The zero-order valence-corrected chi connectivity index (χ0v) is 12.3. The van der Waals surface area contributed by atoms with Crippen LogP contribution in [0.2, 0.25) is 0 Å². The summed E-state index contributed by atoms with van der Waals surface area (Å²) in [5, 5.41) is 19.1. The van der Waals surface area contributed by atoms with Crippen LogP contribution >= 0.6 is 11.8 Å². The van der Waals surface area contributed by atoms with Crippen molar-refractivity contribution in [3.63, 3.8) is 0 Å². The number of benzene rings is 1. The number of carboxylic acid groups (broad SMARTS) is 1. The highest BCUT2D eigenvalue weighted by Gasteiger charge is 2.08. The van der Waals surface area contributed by atoms with Gasteiger partial charge in [0.25, 0.3) is 5.56 Å². The average Bonchev–Trinajstić information content (AvgIpc) is 2.49. The molecule has 8 nitrogen and oxygen atoms in total. The van der Waals surface area contributed by atoms with E-state index in [4.69, 9.17) is 5.11 Å². The van der Waals surface area contributed by atoms with Crippen LogP contribution in [-0.4, -0.2) is 37.9 Å². The van der Waals surface area contributed by atoms with E-state index < -0.39 is 5.97 Å². The number of aromatic amines is 1. The van der Waals surface area contributed by atoms with Crippen LogP contribution in [-0.2, 0) is 4.79 Å². The van der Waals surface area contributed by atoms with Crippen molar-refractivity contribution in [2.24, 2.45) is 0 Å². The lowest BCUT2D eigenvalue weighted by atomic mass is 10.2. The van der Waals surface area contributed by atoms with Crippen LogP contribution in [0.3, 0.4) is 0 Å².